The Morgan fingerprint density at radius 3 is 1.83 bits per heavy atom. The molecule has 0 bridgehead atoms. The van der Waals surface area contributed by atoms with Gasteiger partial charge in [-0.3, -0.25) is 4.79 Å². The average molecular weight is 319 g/mol. The summed E-state index contributed by atoms with van der Waals surface area (Å²) in [6, 6.07) is -0.749. The van der Waals surface area contributed by atoms with Crippen molar-refractivity contribution in [1.29, 1.82) is 0 Å². The summed E-state index contributed by atoms with van der Waals surface area (Å²) in [6.07, 6.45) is 26.4. The average Bonchev–Trinajstić information content (AvgIpc) is 2.54. The lowest BCUT2D eigenvalue weighted by atomic mass is 10.1. The van der Waals surface area contributed by atoms with Crippen molar-refractivity contribution in [2.75, 3.05) is 0 Å². The standard InChI is InChI=1S/C20H33NO2/c1-2-3-4-5-6-7-8-9-10-11-12-13-14-15-16-17-18-19(21)20(22)23/h6-7,9-10,12-13,15-16,19H,2-5,8,11,14,17-18,21H2,1H3,(H,22,23)/t19-/m0/s1. The van der Waals surface area contributed by atoms with E-state index in [-0.39, 0.29) is 0 Å². The molecular weight excluding hydrogens is 286 g/mol. The van der Waals surface area contributed by atoms with Crippen LogP contribution in [0.1, 0.15) is 64.7 Å². The first-order valence-corrected chi connectivity index (χ1v) is 8.76. The van der Waals surface area contributed by atoms with Gasteiger partial charge in [0.1, 0.15) is 6.04 Å². The van der Waals surface area contributed by atoms with E-state index in [1.54, 1.807) is 0 Å². The SMILES string of the molecule is CCCCCC=CCC=CCC=CCC=CCC[C@H](N)C(=O)O. The highest BCUT2D eigenvalue weighted by atomic mass is 16.4. The van der Waals surface area contributed by atoms with Crippen LogP contribution in [-0.4, -0.2) is 17.1 Å². The number of carbonyl (C=O) groups is 1. The van der Waals surface area contributed by atoms with Crippen LogP contribution in [0, 0.1) is 0 Å². The third kappa shape index (κ3) is 16.6. The van der Waals surface area contributed by atoms with Gasteiger partial charge < -0.3 is 10.8 Å². The minimum Gasteiger partial charge on any atom is -0.480 e. The van der Waals surface area contributed by atoms with Crippen molar-refractivity contribution in [2.45, 2.75) is 70.8 Å². The van der Waals surface area contributed by atoms with Crippen molar-refractivity contribution in [3.8, 4) is 0 Å². The summed E-state index contributed by atoms with van der Waals surface area (Å²) in [5.74, 6) is -0.930. The van der Waals surface area contributed by atoms with Gasteiger partial charge in [-0.2, -0.15) is 0 Å². The van der Waals surface area contributed by atoms with Crippen LogP contribution in [0.25, 0.3) is 0 Å². The van der Waals surface area contributed by atoms with Gasteiger partial charge in [0.15, 0.2) is 0 Å². The summed E-state index contributed by atoms with van der Waals surface area (Å²) in [7, 11) is 0. The molecule has 3 nitrogen and oxygen atoms in total. The molecule has 0 radical (unpaired) electrons. The molecule has 0 unspecified atom stereocenters. The Kier molecular flexibility index (Phi) is 15.6. The van der Waals surface area contributed by atoms with Crippen LogP contribution >= 0.6 is 0 Å². The summed E-state index contributed by atoms with van der Waals surface area (Å²) >= 11 is 0. The topological polar surface area (TPSA) is 63.3 Å². The van der Waals surface area contributed by atoms with Crippen LogP contribution in [0.5, 0.6) is 0 Å². The highest BCUT2D eigenvalue weighted by Crippen LogP contribution is 2.01. The molecule has 0 aliphatic carbocycles. The van der Waals surface area contributed by atoms with Crippen molar-refractivity contribution >= 4 is 5.97 Å². The van der Waals surface area contributed by atoms with Gasteiger partial charge in [-0.1, -0.05) is 68.4 Å². The van der Waals surface area contributed by atoms with E-state index in [9.17, 15) is 4.79 Å². The molecule has 0 rings (SSSR count). The van der Waals surface area contributed by atoms with Crippen molar-refractivity contribution in [3.63, 3.8) is 0 Å². The van der Waals surface area contributed by atoms with E-state index in [1.165, 1.54) is 25.7 Å². The first-order chi connectivity index (χ1) is 11.2. The third-order valence-corrected chi connectivity index (χ3v) is 3.42. The van der Waals surface area contributed by atoms with Crippen LogP contribution in [0.3, 0.4) is 0 Å². The zero-order chi connectivity index (χ0) is 17.2. The molecule has 0 spiro atoms. The Hall–Kier alpha value is -1.61. The molecule has 0 aromatic rings. The maximum Gasteiger partial charge on any atom is 0.320 e. The Morgan fingerprint density at radius 2 is 1.35 bits per heavy atom. The van der Waals surface area contributed by atoms with Gasteiger partial charge in [0.2, 0.25) is 0 Å². The quantitative estimate of drug-likeness (QED) is 0.343. The lowest BCUT2D eigenvalue weighted by Gasteiger charge is -2.01. The number of allylic oxidation sites excluding steroid dienone is 8. The van der Waals surface area contributed by atoms with Gasteiger partial charge in [0, 0.05) is 0 Å². The third-order valence-electron chi connectivity index (χ3n) is 3.42. The molecule has 0 aliphatic rings. The Balaban J connectivity index is 3.49. The number of aliphatic carboxylic acids is 1. The van der Waals surface area contributed by atoms with E-state index in [4.69, 9.17) is 10.8 Å². The van der Waals surface area contributed by atoms with E-state index in [2.05, 4.69) is 43.4 Å². The number of unbranched alkanes of at least 4 members (excludes halogenated alkanes) is 3. The van der Waals surface area contributed by atoms with Crippen LogP contribution in [-0.2, 0) is 4.79 Å². The number of carboxylic acid groups (broad SMARTS) is 1. The summed E-state index contributed by atoms with van der Waals surface area (Å²) in [6.45, 7) is 2.23. The lowest BCUT2D eigenvalue weighted by molar-refractivity contribution is -0.138. The first kappa shape index (κ1) is 21.4. The maximum atomic E-state index is 10.5. The number of carboxylic acids is 1. The summed E-state index contributed by atoms with van der Waals surface area (Å²) < 4.78 is 0. The van der Waals surface area contributed by atoms with E-state index in [1.807, 2.05) is 12.2 Å². The smallest absolute Gasteiger partial charge is 0.320 e. The molecule has 3 heteroatoms. The minimum atomic E-state index is -0.930. The summed E-state index contributed by atoms with van der Waals surface area (Å²) in [4.78, 5) is 10.5. The molecular formula is C20H33NO2. The number of nitrogens with two attached hydrogens (primary N) is 1. The van der Waals surface area contributed by atoms with Crippen LogP contribution in [0.15, 0.2) is 48.6 Å². The van der Waals surface area contributed by atoms with Gasteiger partial charge in [-0.15, -0.1) is 0 Å². The normalized spacial score (nSPS) is 13.8. The molecule has 0 aliphatic heterocycles. The second-order valence-electron chi connectivity index (χ2n) is 5.61. The van der Waals surface area contributed by atoms with Crippen LogP contribution in [0.2, 0.25) is 0 Å². The van der Waals surface area contributed by atoms with Crippen LogP contribution in [0.4, 0.5) is 0 Å². The highest BCUT2D eigenvalue weighted by Gasteiger charge is 2.08. The monoisotopic (exact) mass is 319 g/mol. The van der Waals surface area contributed by atoms with Gasteiger partial charge in [0.25, 0.3) is 0 Å². The van der Waals surface area contributed by atoms with E-state index in [0.717, 1.165) is 19.3 Å². The van der Waals surface area contributed by atoms with E-state index < -0.39 is 12.0 Å². The molecule has 3 N–H and O–H groups in total. The second kappa shape index (κ2) is 16.8. The lowest BCUT2D eigenvalue weighted by Crippen LogP contribution is -2.29. The molecule has 0 heterocycles. The highest BCUT2D eigenvalue weighted by molar-refractivity contribution is 5.72. The zero-order valence-electron chi connectivity index (χ0n) is 14.5. The van der Waals surface area contributed by atoms with E-state index >= 15 is 0 Å². The van der Waals surface area contributed by atoms with Crippen molar-refractivity contribution in [3.05, 3.63) is 48.6 Å². The Labute approximate surface area is 141 Å². The predicted octanol–water partition coefficient (Wildman–Crippen LogP) is 5.15. The molecule has 0 saturated heterocycles. The fourth-order valence-corrected chi connectivity index (χ4v) is 1.96. The number of hydrogen-bond donors (Lipinski definition) is 2. The molecule has 0 saturated carbocycles. The fraction of sp³-hybridized carbons (Fsp3) is 0.550. The number of hydrogen-bond acceptors (Lipinski definition) is 2. The first-order valence-electron chi connectivity index (χ1n) is 8.76. The zero-order valence-corrected chi connectivity index (χ0v) is 14.5. The fourth-order valence-electron chi connectivity index (χ4n) is 1.96. The summed E-state index contributed by atoms with van der Waals surface area (Å²) in [5, 5.41) is 8.64. The molecule has 0 aromatic heterocycles. The predicted molar refractivity (Wildman–Crippen MR) is 99.4 cm³/mol. The van der Waals surface area contributed by atoms with Crippen molar-refractivity contribution in [2.24, 2.45) is 5.73 Å². The molecule has 0 amide bonds. The molecule has 1 atom stereocenters. The Bertz CT molecular complexity index is 394. The molecule has 0 aromatic carbocycles. The molecule has 130 valence electrons. The van der Waals surface area contributed by atoms with Gasteiger partial charge in [-0.05, 0) is 44.9 Å². The molecule has 23 heavy (non-hydrogen) atoms. The van der Waals surface area contributed by atoms with E-state index in [0.29, 0.717) is 12.8 Å². The maximum absolute atomic E-state index is 10.5. The van der Waals surface area contributed by atoms with Gasteiger partial charge >= 0.3 is 5.97 Å². The van der Waals surface area contributed by atoms with Gasteiger partial charge in [0.05, 0.1) is 0 Å². The minimum absolute atomic E-state index is 0.490. The second-order valence-corrected chi connectivity index (χ2v) is 5.61. The van der Waals surface area contributed by atoms with Gasteiger partial charge in [-0.25, -0.2) is 0 Å². The van der Waals surface area contributed by atoms with Crippen molar-refractivity contribution < 1.29 is 9.90 Å². The van der Waals surface area contributed by atoms with Crippen molar-refractivity contribution in [1.82, 2.24) is 0 Å². The largest absolute Gasteiger partial charge is 0.480 e. The number of rotatable bonds is 14. The van der Waals surface area contributed by atoms with Crippen LogP contribution < -0.4 is 5.73 Å². The Morgan fingerprint density at radius 1 is 0.870 bits per heavy atom. The molecule has 0 fully saturated rings. The summed E-state index contributed by atoms with van der Waals surface area (Å²) in [5.41, 5.74) is 5.42.